The van der Waals surface area contributed by atoms with E-state index in [9.17, 15) is 22.8 Å². The largest absolute Gasteiger partial charge is 0.465 e. The Bertz CT molecular complexity index is 1080. The summed E-state index contributed by atoms with van der Waals surface area (Å²) < 4.78 is 28.9. The van der Waals surface area contributed by atoms with E-state index in [1.165, 1.54) is 17.0 Å². The van der Waals surface area contributed by atoms with Gasteiger partial charge in [0.2, 0.25) is 5.91 Å². The summed E-state index contributed by atoms with van der Waals surface area (Å²) in [5.74, 6) is -1.73. The van der Waals surface area contributed by atoms with E-state index in [4.69, 9.17) is 4.74 Å². The van der Waals surface area contributed by atoms with Crippen LogP contribution in [0.4, 0.5) is 0 Å². The third kappa shape index (κ3) is 7.71. The number of nitrogens with zero attached hydrogens (tertiary/aromatic N) is 1. The van der Waals surface area contributed by atoms with E-state index in [0.717, 1.165) is 6.26 Å². The van der Waals surface area contributed by atoms with Crippen molar-refractivity contribution in [3.63, 3.8) is 0 Å². The van der Waals surface area contributed by atoms with Crippen LogP contribution < -0.4 is 5.32 Å². The third-order valence-corrected chi connectivity index (χ3v) is 6.00. The summed E-state index contributed by atoms with van der Waals surface area (Å²) in [5.41, 5.74) is 0.946. The minimum absolute atomic E-state index is 0.0224. The molecule has 8 nitrogen and oxygen atoms in total. The maximum absolute atomic E-state index is 13.5. The van der Waals surface area contributed by atoms with Crippen LogP contribution in [0, 0.1) is 5.92 Å². The lowest BCUT2D eigenvalue weighted by atomic mass is 10.0. The van der Waals surface area contributed by atoms with Gasteiger partial charge in [0.25, 0.3) is 5.91 Å². The van der Waals surface area contributed by atoms with Crippen molar-refractivity contribution in [2.45, 2.75) is 38.3 Å². The Hall–Kier alpha value is -3.20. The molecule has 0 bridgehead atoms. The van der Waals surface area contributed by atoms with Gasteiger partial charge in [0, 0.05) is 18.4 Å². The average molecular weight is 475 g/mol. The zero-order chi connectivity index (χ0) is 24.6. The van der Waals surface area contributed by atoms with E-state index in [1.807, 2.05) is 0 Å². The van der Waals surface area contributed by atoms with Gasteiger partial charge in [0.05, 0.1) is 11.5 Å². The minimum atomic E-state index is -3.44. The summed E-state index contributed by atoms with van der Waals surface area (Å²) in [5, 5.41) is 2.76. The molecule has 9 heteroatoms. The van der Waals surface area contributed by atoms with Crippen LogP contribution in [-0.4, -0.2) is 56.6 Å². The molecule has 0 unspecified atom stereocenters. The van der Waals surface area contributed by atoms with Gasteiger partial charge in [-0.2, -0.15) is 0 Å². The molecule has 0 aliphatic rings. The van der Waals surface area contributed by atoms with Crippen molar-refractivity contribution in [3.05, 3.63) is 65.7 Å². The molecular formula is C24H30N2O6S. The van der Waals surface area contributed by atoms with Crippen LogP contribution in [0.2, 0.25) is 0 Å². The van der Waals surface area contributed by atoms with Gasteiger partial charge in [-0.15, -0.1) is 0 Å². The van der Waals surface area contributed by atoms with E-state index in [0.29, 0.717) is 11.1 Å². The molecule has 2 aromatic carbocycles. The highest BCUT2D eigenvalue weighted by Crippen LogP contribution is 2.16. The summed E-state index contributed by atoms with van der Waals surface area (Å²) in [7, 11) is -3.44. The number of nitrogens with one attached hydrogen (secondary N) is 1. The Morgan fingerprint density at radius 2 is 1.70 bits per heavy atom. The first kappa shape index (κ1) is 26.1. The molecule has 0 heterocycles. The number of hydrogen-bond donors (Lipinski definition) is 1. The highest BCUT2D eigenvalue weighted by molar-refractivity contribution is 7.90. The van der Waals surface area contributed by atoms with E-state index in [1.54, 1.807) is 63.2 Å². The molecular weight excluding hydrogens is 444 g/mol. The predicted molar refractivity (Wildman–Crippen MR) is 124 cm³/mol. The highest BCUT2D eigenvalue weighted by Gasteiger charge is 2.30. The average Bonchev–Trinajstić information content (AvgIpc) is 2.76. The molecule has 0 spiro atoms. The number of rotatable bonds is 10. The van der Waals surface area contributed by atoms with Gasteiger partial charge in [-0.1, -0.05) is 44.2 Å². The number of ether oxygens (including phenoxy) is 1. The first-order chi connectivity index (χ1) is 15.5. The van der Waals surface area contributed by atoms with Crippen LogP contribution in [-0.2, 0) is 30.7 Å². The standard InChI is InChI=1S/C24H30N2O6S/c1-5-32-21(27)16-26(15-18-10-9-13-20(14-18)33(4,30)31)24(29)22(17(2)3)25-23(28)19-11-7-6-8-12-19/h6-14,17,22H,5,15-16H2,1-4H3,(H,25,28)/t22-/m0/s1. The Morgan fingerprint density at radius 1 is 1.03 bits per heavy atom. The lowest BCUT2D eigenvalue weighted by Gasteiger charge is -2.29. The number of esters is 1. The molecule has 0 aliphatic heterocycles. The summed E-state index contributed by atoms with van der Waals surface area (Å²) >= 11 is 0. The van der Waals surface area contributed by atoms with E-state index >= 15 is 0 Å². The van der Waals surface area contributed by atoms with Gasteiger partial charge in [0.1, 0.15) is 12.6 Å². The molecule has 2 amide bonds. The molecule has 2 aromatic rings. The quantitative estimate of drug-likeness (QED) is 0.530. The van der Waals surface area contributed by atoms with Crippen molar-refractivity contribution in [1.82, 2.24) is 10.2 Å². The second kappa shape index (κ2) is 11.6. The Morgan fingerprint density at radius 3 is 2.27 bits per heavy atom. The molecule has 0 radical (unpaired) electrons. The summed E-state index contributed by atoms with van der Waals surface area (Å²) in [6.07, 6.45) is 1.10. The SMILES string of the molecule is CCOC(=O)CN(Cc1cccc(S(C)(=O)=O)c1)C(=O)[C@@H](NC(=O)c1ccccc1)C(C)C. The van der Waals surface area contributed by atoms with Gasteiger partial charge < -0.3 is 15.0 Å². The first-order valence-electron chi connectivity index (χ1n) is 10.6. The zero-order valence-corrected chi connectivity index (χ0v) is 20.1. The maximum atomic E-state index is 13.5. The number of benzene rings is 2. The number of sulfone groups is 1. The number of hydrogen-bond acceptors (Lipinski definition) is 6. The molecule has 0 saturated carbocycles. The fourth-order valence-corrected chi connectivity index (χ4v) is 3.88. The summed E-state index contributed by atoms with van der Waals surface area (Å²) in [6, 6.07) is 13.8. The van der Waals surface area contributed by atoms with Crippen molar-refractivity contribution in [2.75, 3.05) is 19.4 Å². The van der Waals surface area contributed by atoms with Crippen LogP contribution in [0.1, 0.15) is 36.7 Å². The van der Waals surface area contributed by atoms with E-state index in [2.05, 4.69) is 5.32 Å². The van der Waals surface area contributed by atoms with Gasteiger partial charge in [-0.25, -0.2) is 8.42 Å². The minimum Gasteiger partial charge on any atom is -0.465 e. The van der Waals surface area contributed by atoms with Crippen LogP contribution >= 0.6 is 0 Å². The van der Waals surface area contributed by atoms with Crippen molar-refractivity contribution < 1.29 is 27.5 Å². The van der Waals surface area contributed by atoms with Crippen LogP contribution in [0.15, 0.2) is 59.5 Å². The molecule has 33 heavy (non-hydrogen) atoms. The molecule has 1 N–H and O–H groups in total. The Labute approximate surface area is 194 Å². The molecule has 178 valence electrons. The Kier molecular flexibility index (Phi) is 9.16. The monoisotopic (exact) mass is 474 g/mol. The molecule has 0 saturated heterocycles. The number of amides is 2. The second-order valence-electron chi connectivity index (χ2n) is 7.98. The summed E-state index contributed by atoms with van der Waals surface area (Å²) in [6.45, 7) is 5.05. The molecule has 0 aromatic heterocycles. The normalized spacial score (nSPS) is 12.2. The first-order valence-corrected chi connectivity index (χ1v) is 12.5. The predicted octanol–water partition coefficient (Wildman–Crippen LogP) is 2.44. The van der Waals surface area contributed by atoms with E-state index in [-0.39, 0.29) is 30.5 Å². The molecule has 0 aliphatic carbocycles. The third-order valence-electron chi connectivity index (χ3n) is 4.89. The maximum Gasteiger partial charge on any atom is 0.325 e. The number of carbonyl (C=O) groups excluding carboxylic acids is 3. The van der Waals surface area contributed by atoms with Gasteiger partial charge in [-0.3, -0.25) is 14.4 Å². The van der Waals surface area contributed by atoms with Crippen molar-refractivity contribution >= 4 is 27.6 Å². The smallest absolute Gasteiger partial charge is 0.325 e. The lowest BCUT2D eigenvalue weighted by Crippen LogP contribution is -2.52. The van der Waals surface area contributed by atoms with Crippen LogP contribution in [0.3, 0.4) is 0 Å². The fourth-order valence-electron chi connectivity index (χ4n) is 3.19. The zero-order valence-electron chi connectivity index (χ0n) is 19.3. The van der Waals surface area contributed by atoms with Gasteiger partial charge in [0.15, 0.2) is 9.84 Å². The van der Waals surface area contributed by atoms with Gasteiger partial charge in [-0.05, 0) is 42.7 Å². The van der Waals surface area contributed by atoms with Crippen molar-refractivity contribution in [1.29, 1.82) is 0 Å². The Balaban J connectivity index is 2.32. The van der Waals surface area contributed by atoms with Crippen LogP contribution in [0.25, 0.3) is 0 Å². The second-order valence-corrected chi connectivity index (χ2v) is 10.00. The molecule has 2 rings (SSSR count). The topological polar surface area (TPSA) is 110 Å². The molecule has 0 fully saturated rings. The van der Waals surface area contributed by atoms with Crippen molar-refractivity contribution in [3.8, 4) is 0 Å². The van der Waals surface area contributed by atoms with E-state index < -0.39 is 33.7 Å². The fraction of sp³-hybridized carbons (Fsp3) is 0.375. The van der Waals surface area contributed by atoms with Crippen LogP contribution in [0.5, 0.6) is 0 Å². The number of carbonyl (C=O) groups is 3. The van der Waals surface area contributed by atoms with Gasteiger partial charge >= 0.3 is 5.97 Å². The summed E-state index contributed by atoms with van der Waals surface area (Å²) in [4.78, 5) is 39.7. The van der Waals surface area contributed by atoms with Crippen molar-refractivity contribution in [2.24, 2.45) is 5.92 Å². The highest BCUT2D eigenvalue weighted by atomic mass is 32.2. The lowest BCUT2D eigenvalue weighted by molar-refractivity contribution is -0.150. The molecule has 1 atom stereocenters.